The predicted octanol–water partition coefficient (Wildman–Crippen LogP) is 3.24. The van der Waals surface area contributed by atoms with Crippen LogP contribution in [0, 0.1) is 6.92 Å². The average molecular weight is 282 g/mol. The van der Waals surface area contributed by atoms with E-state index in [4.69, 9.17) is 5.73 Å². The van der Waals surface area contributed by atoms with Crippen molar-refractivity contribution in [1.82, 2.24) is 4.98 Å². The fourth-order valence-electron chi connectivity index (χ4n) is 1.84. The molecule has 0 bridgehead atoms. The minimum Gasteiger partial charge on any atom is -0.506 e. The molecule has 1 aromatic carbocycles. The minimum absolute atomic E-state index is 0.000209. The van der Waals surface area contributed by atoms with E-state index in [2.05, 4.69) is 4.98 Å². The third kappa shape index (κ3) is 2.91. The van der Waals surface area contributed by atoms with Crippen molar-refractivity contribution in [1.29, 1.82) is 0 Å². The van der Waals surface area contributed by atoms with E-state index < -0.39 is 11.7 Å². The fourth-order valence-corrected chi connectivity index (χ4v) is 1.84. The van der Waals surface area contributed by atoms with Crippen LogP contribution >= 0.6 is 0 Å². The number of aryl methyl sites for hydroxylation is 1. The molecule has 0 aliphatic heterocycles. The molecule has 1 aromatic heterocycles. The topological polar surface area (TPSA) is 59.1 Å². The summed E-state index contributed by atoms with van der Waals surface area (Å²) in [5, 5.41) is 9.41. The number of aromatic hydroxyl groups is 1. The second kappa shape index (κ2) is 5.13. The van der Waals surface area contributed by atoms with Crippen LogP contribution in [0.1, 0.15) is 16.8 Å². The van der Waals surface area contributed by atoms with E-state index in [1.54, 1.807) is 13.0 Å². The fraction of sp³-hybridized carbons (Fsp3) is 0.214. The lowest BCUT2D eigenvalue weighted by Gasteiger charge is -2.12. The number of rotatable bonds is 2. The van der Waals surface area contributed by atoms with Gasteiger partial charge in [0.1, 0.15) is 5.75 Å². The summed E-state index contributed by atoms with van der Waals surface area (Å²) in [5.41, 5.74) is 6.09. The van der Waals surface area contributed by atoms with Gasteiger partial charge in [-0.2, -0.15) is 13.2 Å². The van der Waals surface area contributed by atoms with E-state index in [1.807, 2.05) is 0 Å². The van der Waals surface area contributed by atoms with Gasteiger partial charge in [-0.25, -0.2) is 4.98 Å². The highest BCUT2D eigenvalue weighted by molar-refractivity contribution is 5.62. The molecule has 3 N–H and O–H groups in total. The number of nitrogens with two attached hydrogens (primary N) is 1. The first-order valence-electron chi connectivity index (χ1n) is 5.89. The van der Waals surface area contributed by atoms with Crippen molar-refractivity contribution in [2.45, 2.75) is 19.6 Å². The van der Waals surface area contributed by atoms with Crippen molar-refractivity contribution >= 4 is 0 Å². The molecule has 0 amide bonds. The average Bonchev–Trinajstić information content (AvgIpc) is 2.40. The van der Waals surface area contributed by atoms with Crippen molar-refractivity contribution in [3.05, 3.63) is 47.2 Å². The molecule has 6 heteroatoms. The molecule has 0 saturated heterocycles. The quantitative estimate of drug-likeness (QED) is 0.889. The number of pyridine rings is 1. The molecule has 0 aliphatic carbocycles. The van der Waals surface area contributed by atoms with E-state index in [0.29, 0.717) is 22.5 Å². The summed E-state index contributed by atoms with van der Waals surface area (Å²) in [6.07, 6.45) is -4.44. The highest BCUT2D eigenvalue weighted by Crippen LogP contribution is 2.33. The lowest BCUT2D eigenvalue weighted by atomic mass is 10.0. The molecular formula is C14H13F3N2O. The number of hydrogen-bond donors (Lipinski definition) is 2. The predicted molar refractivity (Wildman–Crippen MR) is 69.0 cm³/mol. The first-order chi connectivity index (χ1) is 9.31. The molecule has 0 radical (unpaired) electrons. The molecule has 2 rings (SSSR count). The van der Waals surface area contributed by atoms with Gasteiger partial charge in [-0.05, 0) is 42.8 Å². The third-order valence-electron chi connectivity index (χ3n) is 2.91. The highest BCUT2D eigenvalue weighted by atomic mass is 19.4. The van der Waals surface area contributed by atoms with E-state index in [0.717, 1.165) is 12.1 Å². The molecule has 0 fully saturated rings. The Balaban J connectivity index is 2.58. The number of alkyl halides is 3. The van der Waals surface area contributed by atoms with Gasteiger partial charge in [-0.1, -0.05) is 0 Å². The van der Waals surface area contributed by atoms with Crippen molar-refractivity contribution in [2.24, 2.45) is 5.73 Å². The molecule has 0 atom stereocenters. The number of benzene rings is 1. The van der Waals surface area contributed by atoms with Gasteiger partial charge in [0.25, 0.3) is 0 Å². The summed E-state index contributed by atoms with van der Waals surface area (Å²) >= 11 is 0. The molecule has 0 aliphatic rings. The monoisotopic (exact) mass is 282 g/mol. The van der Waals surface area contributed by atoms with Crippen molar-refractivity contribution in [3.8, 4) is 17.0 Å². The van der Waals surface area contributed by atoms with Crippen LogP contribution in [0.2, 0.25) is 0 Å². The van der Waals surface area contributed by atoms with Gasteiger partial charge >= 0.3 is 6.18 Å². The zero-order chi connectivity index (χ0) is 14.9. The van der Waals surface area contributed by atoms with Gasteiger partial charge in [-0.15, -0.1) is 0 Å². The Bertz CT molecular complexity index is 639. The summed E-state index contributed by atoms with van der Waals surface area (Å²) in [6.45, 7) is 1.59. The smallest absolute Gasteiger partial charge is 0.416 e. The van der Waals surface area contributed by atoms with Gasteiger partial charge < -0.3 is 10.8 Å². The van der Waals surface area contributed by atoms with E-state index in [9.17, 15) is 18.3 Å². The van der Waals surface area contributed by atoms with E-state index in [1.165, 1.54) is 12.1 Å². The Morgan fingerprint density at radius 3 is 2.45 bits per heavy atom. The van der Waals surface area contributed by atoms with E-state index in [-0.39, 0.29) is 12.3 Å². The van der Waals surface area contributed by atoms with Crippen LogP contribution in [0.25, 0.3) is 11.3 Å². The molecule has 3 nitrogen and oxygen atoms in total. The van der Waals surface area contributed by atoms with Crippen LogP contribution in [0.15, 0.2) is 30.3 Å². The maximum absolute atomic E-state index is 12.8. The molecule has 106 valence electrons. The molecule has 1 heterocycles. The lowest BCUT2D eigenvalue weighted by Crippen LogP contribution is -2.07. The van der Waals surface area contributed by atoms with Gasteiger partial charge in [0, 0.05) is 12.1 Å². The summed E-state index contributed by atoms with van der Waals surface area (Å²) in [7, 11) is 0. The van der Waals surface area contributed by atoms with E-state index >= 15 is 0 Å². The third-order valence-corrected chi connectivity index (χ3v) is 2.91. The van der Waals surface area contributed by atoms with Crippen LogP contribution in [0.3, 0.4) is 0 Å². The summed E-state index contributed by atoms with van der Waals surface area (Å²) in [5.74, 6) is -0.000209. The number of halogens is 3. The molecule has 0 spiro atoms. The minimum atomic E-state index is -4.44. The Morgan fingerprint density at radius 1 is 1.20 bits per heavy atom. The maximum atomic E-state index is 12.8. The Morgan fingerprint density at radius 2 is 1.90 bits per heavy atom. The summed E-state index contributed by atoms with van der Waals surface area (Å²) in [6, 6.07) is 6.49. The first-order valence-corrected chi connectivity index (χ1v) is 5.89. The van der Waals surface area contributed by atoms with Crippen LogP contribution < -0.4 is 5.73 Å². The van der Waals surface area contributed by atoms with Crippen molar-refractivity contribution in [2.75, 3.05) is 0 Å². The van der Waals surface area contributed by atoms with Gasteiger partial charge in [0.05, 0.1) is 17.0 Å². The highest BCUT2D eigenvalue weighted by Gasteiger charge is 2.31. The van der Waals surface area contributed by atoms with Crippen molar-refractivity contribution in [3.63, 3.8) is 0 Å². The summed E-state index contributed by atoms with van der Waals surface area (Å²) in [4.78, 5) is 4.08. The largest absolute Gasteiger partial charge is 0.506 e. The molecular weight excluding hydrogens is 269 g/mol. The summed E-state index contributed by atoms with van der Waals surface area (Å²) < 4.78 is 38.5. The van der Waals surface area contributed by atoms with Crippen LogP contribution in [-0.2, 0) is 12.7 Å². The normalized spacial score (nSPS) is 11.7. The van der Waals surface area contributed by atoms with Gasteiger partial charge in [-0.3, -0.25) is 0 Å². The Labute approximate surface area is 113 Å². The SMILES string of the molecule is Cc1nc(-c2cc(CN)cc(C(F)(F)F)c2)ccc1O. The van der Waals surface area contributed by atoms with Gasteiger partial charge in [0.2, 0.25) is 0 Å². The second-order valence-electron chi connectivity index (χ2n) is 4.42. The zero-order valence-corrected chi connectivity index (χ0v) is 10.7. The number of aromatic nitrogens is 1. The van der Waals surface area contributed by atoms with Crippen molar-refractivity contribution < 1.29 is 18.3 Å². The van der Waals surface area contributed by atoms with Gasteiger partial charge in [0.15, 0.2) is 0 Å². The van der Waals surface area contributed by atoms with Crippen LogP contribution in [0.5, 0.6) is 5.75 Å². The Kier molecular flexibility index (Phi) is 3.67. The molecule has 0 unspecified atom stereocenters. The number of nitrogens with zero attached hydrogens (tertiary/aromatic N) is 1. The maximum Gasteiger partial charge on any atom is 0.416 e. The standard InChI is InChI=1S/C14H13F3N2O/c1-8-13(20)3-2-12(19-8)10-4-9(7-18)5-11(6-10)14(15,16)17/h2-6,20H,7,18H2,1H3. The first kappa shape index (κ1) is 14.3. The second-order valence-corrected chi connectivity index (χ2v) is 4.42. The number of hydrogen-bond acceptors (Lipinski definition) is 3. The van der Waals surface area contributed by atoms with Crippen LogP contribution in [0.4, 0.5) is 13.2 Å². The van der Waals surface area contributed by atoms with Crippen LogP contribution in [-0.4, -0.2) is 10.1 Å². The Hall–Kier alpha value is -2.08. The lowest BCUT2D eigenvalue weighted by molar-refractivity contribution is -0.137. The molecule has 2 aromatic rings. The molecule has 0 saturated carbocycles. The zero-order valence-electron chi connectivity index (χ0n) is 10.7. The molecule has 20 heavy (non-hydrogen) atoms.